The van der Waals surface area contributed by atoms with Crippen LogP contribution in [0.15, 0.2) is 29.2 Å². The molecule has 0 heterocycles. The maximum atomic E-state index is 11.5. The number of nitrogens with zero attached hydrogens (tertiary/aromatic N) is 1. The first kappa shape index (κ1) is 15.5. The molecule has 1 aromatic carbocycles. The third-order valence-electron chi connectivity index (χ3n) is 2.16. The van der Waals surface area contributed by atoms with E-state index < -0.39 is 10.5 Å². The lowest BCUT2D eigenvalue weighted by Gasteiger charge is -2.18. The van der Waals surface area contributed by atoms with E-state index in [1.165, 1.54) is 23.9 Å². The van der Waals surface area contributed by atoms with Crippen molar-refractivity contribution in [3.05, 3.63) is 34.4 Å². The molecule has 0 unspecified atom stereocenters. The zero-order valence-corrected chi connectivity index (χ0v) is 11.7. The second kappa shape index (κ2) is 6.53. The van der Waals surface area contributed by atoms with E-state index in [0.717, 1.165) is 4.90 Å². The highest BCUT2D eigenvalue weighted by Gasteiger charge is 2.12. The highest BCUT2D eigenvalue weighted by molar-refractivity contribution is 8.00. The number of carbonyl (C=O) groups is 1. The second-order valence-corrected chi connectivity index (χ2v) is 5.85. The van der Waals surface area contributed by atoms with Crippen molar-refractivity contribution in [3.63, 3.8) is 0 Å². The highest BCUT2D eigenvalue weighted by Crippen LogP contribution is 2.20. The Labute approximate surface area is 115 Å². The predicted molar refractivity (Wildman–Crippen MR) is 75.1 cm³/mol. The van der Waals surface area contributed by atoms with Gasteiger partial charge in [0.25, 0.3) is 5.69 Å². The van der Waals surface area contributed by atoms with E-state index in [-0.39, 0.29) is 17.3 Å². The molecule has 104 valence electrons. The van der Waals surface area contributed by atoms with Gasteiger partial charge in [0.1, 0.15) is 0 Å². The van der Waals surface area contributed by atoms with Gasteiger partial charge in [0, 0.05) is 29.1 Å². The molecular formula is C12H17N3O3S. The number of benzene rings is 1. The fraction of sp³-hybridized carbons (Fsp3) is 0.417. The molecule has 0 aliphatic rings. The number of rotatable bonds is 6. The van der Waals surface area contributed by atoms with Gasteiger partial charge in [-0.1, -0.05) is 0 Å². The van der Waals surface area contributed by atoms with Crippen LogP contribution in [0.4, 0.5) is 5.69 Å². The standard InChI is InChI=1S/C12H17N3O3S/c1-12(2,13)8-14-11(16)7-19-10-5-3-9(4-6-10)15(17)18/h3-6H,7-8,13H2,1-2H3,(H,14,16). The van der Waals surface area contributed by atoms with Crippen molar-refractivity contribution < 1.29 is 9.72 Å². The van der Waals surface area contributed by atoms with Crippen molar-refractivity contribution >= 4 is 23.4 Å². The average Bonchev–Trinajstić information content (AvgIpc) is 2.33. The molecule has 19 heavy (non-hydrogen) atoms. The molecule has 0 atom stereocenters. The molecule has 0 aliphatic carbocycles. The number of nitrogens with one attached hydrogen (secondary N) is 1. The zero-order valence-electron chi connectivity index (χ0n) is 10.9. The molecule has 0 saturated carbocycles. The van der Waals surface area contributed by atoms with Gasteiger partial charge in [0.15, 0.2) is 0 Å². The van der Waals surface area contributed by atoms with Crippen LogP contribution in [-0.4, -0.2) is 28.7 Å². The lowest BCUT2D eigenvalue weighted by Crippen LogP contribution is -2.45. The summed E-state index contributed by atoms with van der Waals surface area (Å²) in [6.07, 6.45) is 0. The summed E-state index contributed by atoms with van der Waals surface area (Å²) >= 11 is 1.32. The van der Waals surface area contributed by atoms with Gasteiger partial charge >= 0.3 is 0 Å². The number of nitro benzene ring substituents is 1. The Bertz CT molecular complexity index is 454. The van der Waals surface area contributed by atoms with Crippen molar-refractivity contribution in [2.75, 3.05) is 12.3 Å². The molecule has 1 amide bonds. The van der Waals surface area contributed by atoms with Gasteiger partial charge in [-0.15, -0.1) is 11.8 Å². The minimum absolute atomic E-state index is 0.0404. The van der Waals surface area contributed by atoms with Crippen molar-refractivity contribution in [2.45, 2.75) is 24.3 Å². The fourth-order valence-corrected chi connectivity index (χ4v) is 1.92. The smallest absolute Gasteiger partial charge is 0.269 e. The third kappa shape index (κ3) is 6.21. The van der Waals surface area contributed by atoms with Gasteiger partial charge in [-0.3, -0.25) is 14.9 Å². The van der Waals surface area contributed by atoms with Crippen LogP contribution in [-0.2, 0) is 4.79 Å². The summed E-state index contributed by atoms with van der Waals surface area (Å²) < 4.78 is 0. The lowest BCUT2D eigenvalue weighted by molar-refractivity contribution is -0.384. The molecule has 0 bridgehead atoms. The number of hydrogen-bond donors (Lipinski definition) is 2. The number of nitro groups is 1. The van der Waals surface area contributed by atoms with Crippen LogP contribution in [0.25, 0.3) is 0 Å². The zero-order chi connectivity index (χ0) is 14.5. The first-order chi connectivity index (χ1) is 8.78. The molecule has 3 N–H and O–H groups in total. The summed E-state index contributed by atoms with van der Waals surface area (Å²) in [4.78, 5) is 22.4. The molecule has 0 aliphatic heterocycles. The quantitative estimate of drug-likeness (QED) is 0.469. The molecule has 6 nitrogen and oxygen atoms in total. The Morgan fingerprint density at radius 2 is 2.00 bits per heavy atom. The van der Waals surface area contributed by atoms with E-state index in [0.29, 0.717) is 6.54 Å². The van der Waals surface area contributed by atoms with Crippen molar-refractivity contribution in [3.8, 4) is 0 Å². The molecule has 0 saturated heterocycles. The largest absolute Gasteiger partial charge is 0.354 e. The van der Waals surface area contributed by atoms with Crippen LogP contribution in [0.5, 0.6) is 0 Å². The van der Waals surface area contributed by atoms with Crippen molar-refractivity contribution in [2.24, 2.45) is 5.73 Å². The molecule has 0 radical (unpaired) electrons. The summed E-state index contributed by atoms with van der Waals surface area (Å²) in [5.74, 6) is 0.148. The molecule has 0 fully saturated rings. The van der Waals surface area contributed by atoms with Crippen LogP contribution in [0.3, 0.4) is 0 Å². The molecule has 1 aromatic rings. The van der Waals surface area contributed by atoms with E-state index in [4.69, 9.17) is 5.73 Å². The summed E-state index contributed by atoms with van der Waals surface area (Å²) in [7, 11) is 0. The number of amides is 1. The minimum atomic E-state index is -0.454. The Balaban J connectivity index is 2.40. The molecular weight excluding hydrogens is 266 g/mol. The van der Waals surface area contributed by atoms with Gasteiger partial charge in [-0.2, -0.15) is 0 Å². The first-order valence-corrected chi connectivity index (χ1v) is 6.69. The van der Waals surface area contributed by atoms with E-state index >= 15 is 0 Å². The fourth-order valence-electron chi connectivity index (χ4n) is 1.19. The maximum Gasteiger partial charge on any atom is 0.269 e. The van der Waals surface area contributed by atoms with Crippen molar-refractivity contribution in [1.82, 2.24) is 5.32 Å². The molecule has 0 spiro atoms. The SMILES string of the molecule is CC(C)(N)CNC(=O)CSc1ccc([N+](=O)[O-])cc1. The van der Waals surface area contributed by atoms with Crippen molar-refractivity contribution in [1.29, 1.82) is 0 Å². The lowest BCUT2D eigenvalue weighted by atomic mass is 10.1. The number of hydrogen-bond acceptors (Lipinski definition) is 5. The van der Waals surface area contributed by atoms with Crippen LogP contribution in [0.2, 0.25) is 0 Å². The Hall–Kier alpha value is -1.60. The number of thioether (sulfide) groups is 1. The Morgan fingerprint density at radius 3 is 2.47 bits per heavy atom. The Kier molecular flexibility index (Phi) is 5.31. The van der Waals surface area contributed by atoms with E-state index in [1.54, 1.807) is 12.1 Å². The van der Waals surface area contributed by atoms with Crippen LogP contribution in [0.1, 0.15) is 13.8 Å². The summed E-state index contributed by atoms with van der Waals surface area (Å²) in [6, 6.07) is 6.10. The minimum Gasteiger partial charge on any atom is -0.354 e. The summed E-state index contributed by atoms with van der Waals surface area (Å²) in [5, 5.41) is 13.2. The monoisotopic (exact) mass is 283 g/mol. The average molecular weight is 283 g/mol. The number of nitrogens with two attached hydrogens (primary N) is 1. The topological polar surface area (TPSA) is 98.3 Å². The van der Waals surface area contributed by atoms with E-state index in [9.17, 15) is 14.9 Å². The predicted octanol–water partition coefficient (Wildman–Crippen LogP) is 1.54. The maximum absolute atomic E-state index is 11.5. The molecule has 0 aromatic heterocycles. The third-order valence-corrected chi connectivity index (χ3v) is 3.17. The second-order valence-electron chi connectivity index (χ2n) is 4.80. The first-order valence-electron chi connectivity index (χ1n) is 5.71. The van der Waals surface area contributed by atoms with Gasteiger partial charge in [-0.25, -0.2) is 0 Å². The van der Waals surface area contributed by atoms with Gasteiger partial charge < -0.3 is 11.1 Å². The molecule has 7 heteroatoms. The van der Waals surface area contributed by atoms with E-state index in [1.807, 2.05) is 13.8 Å². The van der Waals surface area contributed by atoms with Gasteiger partial charge in [0.2, 0.25) is 5.91 Å². The molecule has 1 rings (SSSR count). The Morgan fingerprint density at radius 1 is 1.42 bits per heavy atom. The summed E-state index contributed by atoms with van der Waals surface area (Å²) in [6.45, 7) is 4.07. The normalized spacial score (nSPS) is 11.1. The van der Waals surface area contributed by atoms with Crippen LogP contribution in [0, 0.1) is 10.1 Å². The number of carbonyl (C=O) groups excluding carboxylic acids is 1. The highest BCUT2D eigenvalue weighted by atomic mass is 32.2. The van der Waals surface area contributed by atoms with E-state index in [2.05, 4.69) is 5.32 Å². The van der Waals surface area contributed by atoms with Crippen LogP contribution < -0.4 is 11.1 Å². The van der Waals surface area contributed by atoms with Gasteiger partial charge in [-0.05, 0) is 26.0 Å². The summed E-state index contributed by atoms with van der Waals surface area (Å²) in [5.41, 5.74) is 5.35. The number of non-ortho nitro benzene ring substituents is 1. The van der Waals surface area contributed by atoms with Gasteiger partial charge in [0.05, 0.1) is 10.7 Å². The van der Waals surface area contributed by atoms with Crippen LogP contribution >= 0.6 is 11.8 Å².